The normalized spacial score (nSPS) is 55.3. The third-order valence-electron chi connectivity index (χ3n) is 15.5. The van der Waals surface area contributed by atoms with Crippen LogP contribution in [0.3, 0.4) is 0 Å². The molecule has 0 saturated heterocycles. The van der Waals surface area contributed by atoms with Gasteiger partial charge in [0.2, 0.25) is 0 Å². The topological polar surface area (TPSA) is 40.5 Å². The fourth-order valence-corrected chi connectivity index (χ4v) is 14.1. The van der Waals surface area contributed by atoms with Crippen molar-refractivity contribution in [2.24, 2.45) is 70.0 Å². The summed E-state index contributed by atoms with van der Waals surface area (Å²) in [5.41, 5.74) is 6.66. The minimum Gasteiger partial charge on any atom is -0.390 e. The van der Waals surface area contributed by atoms with Gasteiger partial charge in [-0.2, -0.15) is 0 Å². The van der Waals surface area contributed by atoms with Crippen molar-refractivity contribution in [3.8, 4) is 0 Å². The van der Waals surface area contributed by atoms with Crippen LogP contribution in [0, 0.1) is 70.0 Å². The van der Waals surface area contributed by atoms with Gasteiger partial charge in [0.25, 0.3) is 0 Å². The average Bonchev–Trinajstić information content (AvgIpc) is 2.86. The largest absolute Gasteiger partial charge is 0.390 e. The van der Waals surface area contributed by atoms with Crippen LogP contribution < -0.4 is 0 Å². The minimum absolute atomic E-state index is 0.229. The lowest BCUT2D eigenvalue weighted by Gasteiger charge is -2.70. The molecule has 2 heteroatoms. The molecule has 0 bridgehead atoms. The van der Waals surface area contributed by atoms with E-state index < -0.39 is 11.2 Å². The van der Waals surface area contributed by atoms with Gasteiger partial charge in [-0.3, -0.25) is 0 Å². The Hall–Kier alpha value is -0.600. The van der Waals surface area contributed by atoms with Gasteiger partial charge in [-0.05, 0) is 162 Å². The first kappa shape index (κ1) is 28.2. The van der Waals surface area contributed by atoms with Crippen LogP contribution in [0.4, 0.5) is 0 Å². The number of hydrogen-bond acceptors (Lipinski definition) is 2. The lowest BCUT2D eigenvalue weighted by molar-refractivity contribution is -0.190. The third kappa shape index (κ3) is 3.60. The number of allylic oxidation sites excluding steroid dienone is 4. The number of fused-ring (bicyclic) bond motifs is 6. The Morgan fingerprint density at radius 2 is 1.35 bits per heavy atom. The van der Waals surface area contributed by atoms with Crippen molar-refractivity contribution in [1.29, 1.82) is 0 Å². The first-order valence-electron chi connectivity index (χ1n) is 17.6. The van der Waals surface area contributed by atoms with Gasteiger partial charge in [0, 0.05) is 0 Å². The van der Waals surface area contributed by atoms with Crippen LogP contribution in [0.15, 0.2) is 22.3 Å². The van der Waals surface area contributed by atoms with Gasteiger partial charge in [0.05, 0.1) is 11.2 Å². The van der Waals surface area contributed by atoms with Gasteiger partial charge in [-0.15, -0.1) is 0 Å². The smallest absolute Gasteiger partial charge is 0.0653 e. The molecule has 5 fully saturated rings. The Bertz CT molecular complexity index is 1120. The molecule has 7 aliphatic carbocycles. The summed E-state index contributed by atoms with van der Waals surface area (Å²) < 4.78 is 0. The van der Waals surface area contributed by atoms with Crippen molar-refractivity contribution >= 4 is 0 Å². The fraction of sp³-hybridized carbons (Fsp3) is 0.895. The quantitative estimate of drug-likeness (QED) is 0.321. The molecule has 0 aromatic carbocycles. The molecule has 0 spiro atoms. The second-order valence-electron chi connectivity index (χ2n) is 17.9. The Balaban J connectivity index is 1.48. The lowest BCUT2D eigenvalue weighted by atomic mass is 9.35. The van der Waals surface area contributed by atoms with Crippen molar-refractivity contribution in [3.63, 3.8) is 0 Å². The Morgan fingerprint density at radius 1 is 0.750 bits per heavy atom. The molecule has 0 heterocycles. The monoisotopic (exact) mass is 548 g/mol. The molecule has 2 N–H and O–H groups in total. The highest BCUT2D eigenvalue weighted by atomic mass is 16.3. The van der Waals surface area contributed by atoms with E-state index in [2.05, 4.69) is 55.4 Å². The molecule has 13 unspecified atom stereocenters. The molecule has 40 heavy (non-hydrogen) atoms. The van der Waals surface area contributed by atoms with Crippen molar-refractivity contribution < 1.29 is 10.2 Å². The standard InChI is InChI=1S/C38H60O2/c1-21(2)23-11-13-27-33-26(20-30-35(27,5)15-9-18-38(30,8)40)32-24(22(3)4)12-14-28-34(32)25(31(23)33)19-29-36(28,6)16-10-17-37(29,7)39/h21,23,25-30,32,34,39-40H,9-20H2,1-8H3. The summed E-state index contributed by atoms with van der Waals surface area (Å²) >= 11 is 0. The second kappa shape index (κ2) is 8.97. The highest BCUT2D eigenvalue weighted by molar-refractivity contribution is 5.42. The van der Waals surface area contributed by atoms with Gasteiger partial charge in [0.15, 0.2) is 0 Å². The molecule has 7 rings (SSSR count). The van der Waals surface area contributed by atoms with Crippen LogP contribution in [0.25, 0.3) is 0 Å². The van der Waals surface area contributed by atoms with Crippen molar-refractivity contribution in [2.45, 2.75) is 144 Å². The van der Waals surface area contributed by atoms with E-state index in [4.69, 9.17) is 0 Å². The molecule has 5 saturated carbocycles. The lowest BCUT2D eigenvalue weighted by Crippen LogP contribution is -2.65. The van der Waals surface area contributed by atoms with Gasteiger partial charge < -0.3 is 10.2 Å². The maximum atomic E-state index is 12.0. The van der Waals surface area contributed by atoms with Crippen molar-refractivity contribution in [3.05, 3.63) is 22.3 Å². The van der Waals surface area contributed by atoms with Crippen molar-refractivity contribution in [2.75, 3.05) is 0 Å². The van der Waals surface area contributed by atoms with Crippen LogP contribution in [0.5, 0.6) is 0 Å². The SMILES string of the molecule is CC(C)=C1CCC2C3C(CC4C(C)(O)CCCC24C)C2=C4C(CC5C(C)(O)CCCC5(C)C4CCC2C(C)C)C13. The summed E-state index contributed by atoms with van der Waals surface area (Å²) in [6, 6.07) is 0. The van der Waals surface area contributed by atoms with E-state index in [0.29, 0.717) is 47.3 Å². The zero-order valence-corrected chi connectivity index (χ0v) is 27.2. The molecule has 0 aromatic heterocycles. The molecule has 0 radical (unpaired) electrons. The van der Waals surface area contributed by atoms with E-state index in [1.807, 2.05) is 11.1 Å². The molecule has 0 amide bonds. The summed E-state index contributed by atoms with van der Waals surface area (Å²) in [5.74, 6) is 6.27. The summed E-state index contributed by atoms with van der Waals surface area (Å²) in [6.07, 6.45) is 14.6. The van der Waals surface area contributed by atoms with Crippen molar-refractivity contribution in [1.82, 2.24) is 0 Å². The zero-order valence-electron chi connectivity index (χ0n) is 27.2. The molecule has 0 aromatic rings. The Labute approximate surface area is 245 Å². The van der Waals surface area contributed by atoms with Crippen LogP contribution >= 0.6 is 0 Å². The zero-order chi connectivity index (χ0) is 28.6. The summed E-state index contributed by atoms with van der Waals surface area (Å²) in [4.78, 5) is 0. The summed E-state index contributed by atoms with van der Waals surface area (Å²) in [5, 5.41) is 24.0. The van der Waals surface area contributed by atoms with Gasteiger partial charge in [-0.1, -0.05) is 62.8 Å². The molecule has 0 aliphatic heterocycles. The predicted molar refractivity (Wildman–Crippen MR) is 165 cm³/mol. The molecular weight excluding hydrogens is 488 g/mol. The third-order valence-corrected chi connectivity index (χ3v) is 15.5. The van der Waals surface area contributed by atoms with Crippen LogP contribution in [-0.2, 0) is 0 Å². The first-order chi connectivity index (χ1) is 18.7. The summed E-state index contributed by atoms with van der Waals surface area (Å²) in [7, 11) is 0. The van der Waals surface area contributed by atoms with E-state index >= 15 is 0 Å². The molecule has 13 atom stereocenters. The van der Waals surface area contributed by atoms with E-state index in [0.717, 1.165) is 24.7 Å². The maximum absolute atomic E-state index is 12.0. The fourth-order valence-electron chi connectivity index (χ4n) is 14.1. The molecular formula is C38H60O2. The highest BCUT2D eigenvalue weighted by Crippen LogP contribution is 2.74. The summed E-state index contributed by atoms with van der Waals surface area (Å²) in [6.45, 7) is 19.5. The highest BCUT2D eigenvalue weighted by Gasteiger charge is 2.68. The molecule has 2 nitrogen and oxygen atoms in total. The van der Waals surface area contributed by atoms with E-state index in [9.17, 15) is 10.2 Å². The van der Waals surface area contributed by atoms with E-state index in [1.165, 1.54) is 64.2 Å². The number of rotatable bonds is 1. The first-order valence-corrected chi connectivity index (χ1v) is 17.6. The Morgan fingerprint density at radius 3 is 1.98 bits per heavy atom. The molecule has 224 valence electrons. The van der Waals surface area contributed by atoms with E-state index in [1.54, 1.807) is 11.1 Å². The predicted octanol–water partition coefficient (Wildman–Crippen LogP) is 9.11. The second-order valence-corrected chi connectivity index (χ2v) is 17.9. The Kier molecular flexibility index (Phi) is 6.32. The number of hydrogen-bond donors (Lipinski definition) is 2. The van der Waals surface area contributed by atoms with Gasteiger partial charge in [0.1, 0.15) is 0 Å². The maximum Gasteiger partial charge on any atom is 0.0653 e. The average molecular weight is 549 g/mol. The van der Waals surface area contributed by atoms with Gasteiger partial charge in [-0.25, -0.2) is 0 Å². The number of aliphatic hydroxyl groups is 2. The van der Waals surface area contributed by atoms with Crippen LogP contribution in [-0.4, -0.2) is 21.4 Å². The van der Waals surface area contributed by atoms with Gasteiger partial charge >= 0.3 is 0 Å². The van der Waals surface area contributed by atoms with Crippen LogP contribution in [0.1, 0.15) is 132 Å². The minimum atomic E-state index is -0.532. The van der Waals surface area contributed by atoms with Crippen LogP contribution in [0.2, 0.25) is 0 Å². The van der Waals surface area contributed by atoms with E-state index in [-0.39, 0.29) is 10.8 Å². The molecule has 7 aliphatic rings.